The van der Waals surface area contributed by atoms with Crippen molar-refractivity contribution >= 4 is 0 Å². The summed E-state index contributed by atoms with van der Waals surface area (Å²) >= 11 is 0. The van der Waals surface area contributed by atoms with Crippen LogP contribution in [0.25, 0.3) is 0 Å². The SMILES string of the molecule is CCC(CC)CN(CC)CCC(CN)OC. The van der Waals surface area contributed by atoms with Gasteiger partial charge in [-0.05, 0) is 18.9 Å². The van der Waals surface area contributed by atoms with E-state index in [1.54, 1.807) is 7.11 Å². The Balaban J connectivity index is 3.90. The number of hydrogen-bond donors (Lipinski definition) is 1. The van der Waals surface area contributed by atoms with Gasteiger partial charge in [0.05, 0.1) is 6.10 Å². The molecule has 0 aliphatic carbocycles. The van der Waals surface area contributed by atoms with Crippen molar-refractivity contribution in [1.29, 1.82) is 0 Å². The fraction of sp³-hybridized carbons (Fsp3) is 1.00. The molecule has 1 atom stereocenters. The minimum atomic E-state index is 0.218. The van der Waals surface area contributed by atoms with Crippen LogP contribution >= 0.6 is 0 Å². The van der Waals surface area contributed by atoms with E-state index >= 15 is 0 Å². The summed E-state index contributed by atoms with van der Waals surface area (Å²) < 4.78 is 5.30. The van der Waals surface area contributed by atoms with E-state index in [2.05, 4.69) is 25.7 Å². The van der Waals surface area contributed by atoms with Crippen LogP contribution in [0.3, 0.4) is 0 Å². The normalized spacial score (nSPS) is 13.7. The smallest absolute Gasteiger partial charge is 0.0705 e. The molecule has 0 aliphatic rings. The molecule has 0 saturated carbocycles. The topological polar surface area (TPSA) is 38.5 Å². The highest BCUT2D eigenvalue weighted by molar-refractivity contribution is 4.66. The Kier molecular flexibility index (Phi) is 9.99. The molecule has 0 aromatic heterocycles. The molecule has 0 aromatic carbocycles. The highest BCUT2D eigenvalue weighted by Gasteiger charge is 2.12. The Morgan fingerprint density at radius 2 is 1.81 bits per heavy atom. The lowest BCUT2D eigenvalue weighted by Gasteiger charge is -2.26. The average Bonchev–Trinajstić information content (AvgIpc) is 2.34. The Morgan fingerprint density at radius 3 is 2.19 bits per heavy atom. The Hall–Kier alpha value is -0.120. The molecular formula is C13H30N2O. The summed E-state index contributed by atoms with van der Waals surface area (Å²) in [5.74, 6) is 0.832. The summed E-state index contributed by atoms with van der Waals surface area (Å²) in [5.41, 5.74) is 5.62. The van der Waals surface area contributed by atoms with Gasteiger partial charge in [-0.2, -0.15) is 0 Å². The number of nitrogens with two attached hydrogens (primary N) is 1. The van der Waals surface area contributed by atoms with Crippen LogP contribution in [0.15, 0.2) is 0 Å². The van der Waals surface area contributed by atoms with Crippen LogP contribution in [0.1, 0.15) is 40.0 Å². The zero-order valence-corrected chi connectivity index (χ0v) is 11.5. The van der Waals surface area contributed by atoms with Gasteiger partial charge in [0.2, 0.25) is 0 Å². The number of nitrogens with zero attached hydrogens (tertiary/aromatic N) is 1. The van der Waals surface area contributed by atoms with Gasteiger partial charge in [-0.25, -0.2) is 0 Å². The lowest BCUT2D eigenvalue weighted by molar-refractivity contribution is 0.0873. The van der Waals surface area contributed by atoms with Gasteiger partial charge in [0, 0.05) is 26.7 Å². The van der Waals surface area contributed by atoms with Gasteiger partial charge in [-0.15, -0.1) is 0 Å². The summed E-state index contributed by atoms with van der Waals surface area (Å²) in [4.78, 5) is 2.51. The fourth-order valence-corrected chi connectivity index (χ4v) is 1.95. The second-order valence-electron chi connectivity index (χ2n) is 4.46. The first kappa shape index (κ1) is 15.9. The second-order valence-corrected chi connectivity index (χ2v) is 4.46. The molecular weight excluding hydrogens is 200 g/mol. The van der Waals surface area contributed by atoms with Crippen molar-refractivity contribution in [3.63, 3.8) is 0 Å². The van der Waals surface area contributed by atoms with Crippen molar-refractivity contribution in [2.24, 2.45) is 11.7 Å². The molecule has 98 valence electrons. The highest BCUT2D eigenvalue weighted by Crippen LogP contribution is 2.10. The van der Waals surface area contributed by atoms with Crippen LogP contribution in [0, 0.1) is 5.92 Å². The lowest BCUT2D eigenvalue weighted by Crippen LogP contribution is -2.34. The van der Waals surface area contributed by atoms with E-state index in [0.29, 0.717) is 6.54 Å². The van der Waals surface area contributed by atoms with E-state index in [9.17, 15) is 0 Å². The Labute approximate surface area is 101 Å². The van der Waals surface area contributed by atoms with E-state index < -0.39 is 0 Å². The molecule has 0 aliphatic heterocycles. The van der Waals surface area contributed by atoms with Gasteiger partial charge in [-0.1, -0.05) is 33.6 Å². The predicted molar refractivity (Wildman–Crippen MR) is 70.7 cm³/mol. The van der Waals surface area contributed by atoms with E-state index in [1.807, 2.05) is 0 Å². The molecule has 16 heavy (non-hydrogen) atoms. The van der Waals surface area contributed by atoms with Crippen molar-refractivity contribution in [3.05, 3.63) is 0 Å². The first-order valence-electron chi connectivity index (χ1n) is 6.66. The minimum Gasteiger partial charge on any atom is -0.380 e. The molecule has 0 aromatic rings. The molecule has 0 fully saturated rings. The van der Waals surface area contributed by atoms with E-state index in [1.165, 1.54) is 19.4 Å². The summed E-state index contributed by atoms with van der Waals surface area (Å²) in [5, 5.41) is 0. The van der Waals surface area contributed by atoms with Crippen molar-refractivity contribution in [3.8, 4) is 0 Å². The third-order valence-corrected chi connectivity index (χ3v) is 3.48. The van der Waals surface area contributed by atoms with Crippen LogP contribution in [-0.2, 0) is 4.74 Å². The Bertz CT molecular complexity index is 145. The highest BCUT2D eigenvalue weighted by atomic mass is 16.5. The molecule has 3 nitrogen and oxygen atoms in total. The second kappa shape index (κ2) is 10.1. The summed E-state index contributed by atoms with van der Waals surface area (Å²) in [6.07, 6.45) is 3.81. The third kappa shape index (κ3) is 6.46. The minimum absolute atomic E-state index is 0.218. The maximum atomic E-state index is 5.62. The molecule has 1 unspecified atom stereocenters. The van der Waals surface area contributed by atoms with Crippen LogP contribution in [0.2, 0.25) is 0 Å². The van der Waals surface area contributed by atoms with Crippen LogP contribution in [-0.4, -0.2) is 44.3 Å². The maximum Gasteiger partial charge on any atom is 0.0705 e. The van der Waals surface area contributed by atoms with Crippen LogP contribution < -0.4 is 5.73 Å². The van der Waals surface area contributed by atoms with Gasteiger partial charge in [0.25, 0.3) is 0 Å². The van der Waals surface area contributed by atoms with Crippen LogP contribution in [0.5, 0.6) is 0 Å². The molecule has 0 saturated heterocycles. The zero-order chi connectivity index (χ0) is 12.4. The molecule has 2 N–H and O–H groups in total. The Morgan fingerprint density at radius 1 is 1.19 bits per heavy atom. The summed E-state index contributed by atoms with van der Waals surface area (Å²) in [7, 11) is 1.74. The van der Waals surface area contributed by atoms with Gasteiger partial charge >= 0.3 is 0 Å². The van der Waals surface area contributed by atoms with Crippen molar-refractivity contribution < 1.29 is 4.74 Å². The lowest BCUT2D eigenvalue weighted by atomic mass is 10.0. The van der Waals surface area contributed by atoms with Crippen molar-refractivity contribution in [2.45, 2.75) is 46.1 Å². The molecule has 0 radical (unpaired) electrons. The quantitative estimate of drug-likeness (QED) is 0.625. The average molecular weight is 230 g/mol. The molecule has 0 amide bonds. The van der Waals surface area contributed by atoms with Gasteiger partial charge in [-0.3, -0.25) is 0 Å². The van der Waals surface area contributed by atoms with E-state index in [0.717, 1.165) is 25.4 Å². The molecule has 3 heteroatoms. The van der Waals surface area contributed by atoms with Crippen LogP contribution in [0.4, 0.5) is 0 Å². The summed E-state index contributed by atoms with van der Waals surface area (Å²) in [6, 6.07) is 0. The van der Waals surface area contributed by atoms with Gasteiger partial charge in [0.15, 0.2) is 0 Å². The van der Waals surface area contributed by atoms with E-state index in [-0.39, 0.29) is 6.10 Å². The third-order valence-electron chi connectivity index (χ3n) is 3.48. The fourth-order valence-electron chi connectivity index (χ4n) is 1.95. The maximum absolute atomic E-state index is 5.62. The number of hydrogen-bond acceptors (Lipinski definition) is 3. The number of ether oxygens (including phenoxy) is 1. The van der Waals surface area contributed by atoms with Crippen molar-refractivity contribution in [2.75, 3.05) is 33.3 Å². The summed E-state index contributed by atoms with van der Waals surface area (Å²) in [6.45, 7) is 10.8. The first-order valence-corrected chi connectivity index (χ1v) is 6.66. The zero-order valence-electron chi connectivity index (χ0n) is 11.5. The largest absolute Gasteiger partial charge is 0.380 e. The number of methoxy groups -OCH3 is 1. The molecule has 0 bridgehead atoms. The molecule has 0 spiro atoms. The van der Waals surface area contributed by atoms with E-state index in [4.69, 9.17) is 10.5 Å². The molecule has 0 heterocycles. The number of rotatable bonds is 10. The monoisotopic (exact) mass is 230 g/mol. The molecule has 0 rings (SSSR count). The predicted octanol–water partition coefficient (Wildman–Crippen LogP) is 2.11. The van der Waals surface area contributed by atoms with Gasteiger partial charge in [0.1, 0.15) is 0 Å². The van der Waals surface area contributed by atoms with Crippen molar-refractivity contribution in [1.82, 2.24) is 4.90 Å². The standard InChI is InChI=1S/C13H30N2O/c1-5-12(6-2)11-15(7-3)9-8-13(10-14)16-4/h12-13H,5-11,14H2,1-4H3. The van der Waals surface area contributed by atoms with Gasteiger partial charge < -0.3 is 15.4 Å². The first-order chi connectivity index (χ1) is 7.71.